The van der Waals surface area contributed by atoms with Crippen LogP contribution in [0.15, 0.2) is 78.9 Å². The minimum atomic E-state index is -1.10. The molecule has 1 aliphatic rings. The molecule has 1 aliphatic carbocycles. The summed E-state index contributed by atoms with van der Waals surface area (Å²) in [4.78, 5) is 37.2. The summed E-state index contributed by atoms with van der Waals surface area (Å²) in [7, 11) is 1.37. The van der Waals surface area contributed by atoms with E-state index in [0.29, 0.717) is 0 Å². The number of ether oxygens (including phenoxy) is 3. The van der Waals surface area contributed by atoms with Gasteiger partial charge in [-0.15, -0.1) is 0 Å². The largest absolute Gasteiger partial charge is 0.481 e. The van der Waals surface area contributed by atoms with Gasteiger partial charge in [-0.25, -0.2) is 4.79 Å². The average molecular weight is 547 g/mol. The summed E-state index contributed by atoms with van der Waals surface area (Å²) in [5.74, 6) is -1.72. The van der Waals surface area contributed by atoms with Gasteiger partial charge >= 0.3 is 12.1 Å². The van der Waals surface area contributed by atoms with Crippen LogP contribution in [0.5, 0.6) is 0 Å². The van der Waals surface area contributed by atoms with Crippen molar-refractivity contribution < 1.29 is 33.7 Å². The molecule has 3 aromatic carbocycles. The quantitative estimate of drug-likeness (QED) is 0.295. The van der Waals surface area contributed by atoms with Crippen molar-refractivity contribution in [3.63, 3.8) is 0 Å². The Labute approximate surface area is 233 Å². The molecule has 2 amide bonds. The van der Waals surface area contributed by atoms with Gasteiger partial charge in [0.05, 0.1) is 25.2 Å². The standard InChI is InChI=1S/C31H34N2O7/c1-20(39-18-21-10-4-3-5-11-21)29(30(36)32-17-22(38-2)16-28(34)35)33-31(37)40-19-27-25-14-8-6-12-23(25)24-13-7-9-15-26(24)27/h3-15,20,22,27,29H,16-19H2,1-2H3,(H,32,36)(H,33,37)(H,34,35)/t20-,22?,29+/m0/s1. The number of carbonyl (C=O) groups is 3. The van der Waals surface area contributed by atoms with Crippen LogP contribution < -0.4 is 10.6 Å². The van der Waals surface area contributed by atoms with E-state index in [1.807, 2.05) is 66.7 Å². The summed E-state index contributed by atoms with van der Waals surface area (Å²) in [6.07, 6.45) is -2.48. The number of fused-ring (bicyclic) bond motifs is 3. The van der Waals surface area contributed by atoms with Crippen LogP contribution in [0.25, 0.3) is 11.1 Å². The maximum Gasteiger partial charge on any atom is 0.407 e. The zero-order chi connectivity index (χ0) is 28.5. The van der Waals surface area contributed by atoms with E-state index >= 15 is 0 Å². The second-order valence-corrected chi connectivity index (χ2v) is 9.65. The minimum Gasteiger partial charge on any atom is -0.481 e. The van der Waals surface area contributed by atoms with E-state index in [1.165, 1.54) is 7.11 Å². The second kappa shape index (κ2) is 13.7. The minimum absolute atomic E-state index is 0.0457. The Hall–Kier alpha value is -4.21. The molecule has 0 bridgehead atoms. The Balaban J connectivity index is 1.42. The van der Waals surface area contributed by atoms with Gasteiger partial charge < -0.3 is 30.0 Å². The molecular formula is C31H34N2O7. The van der Waals surface area contributed by atoms with Crippen molar-refractivity contribution in [1.82, 2.24) is 10.6 Å². The summed E-state index contributed by atoms with van der Waals surface area (Å²) in [5, 5.41) is 14.4. The van der Waals surface area contributed by atoms with Gasteiger partial charge in [-0.05, 0) is 34.7 Å². The molecule has 3 N–H and O–H groups in total. The van der Waals surface area contributed by atoms with Gasteiger partial charge in [0.2, 0.25) is 5.91 Å². The number of alkyl carbamates (subject to hydrolysis) is 1. The first-order valence-corrected chi connectivity index (χ1v) is 13.2. The molecule has 40 heavy (non-hydrogen) atoms. The van der Waals surface area contributed by atoms with E-state index in [-0.39, 0.29) is 32.1 Å². The number of aliphatic carboxylic acids is 1. The van der Waals surface area contributed by atoms with E-state index in [1.54, 1.807) is 6.92 Å². The van der Waals surface area contributed by atoms with Gasteiger partial charge in [0.1, 0.15) is 12.6 Å². The van der Waals surface area contributed by atoms with Crippen LogP contribution in [0.3, 0.4) is 0 Å². The number of amides is 2. The molecule has 3 aromatic rings. The lowest BCUT2D eigenvalue weighted by Gasteiger charge is -2.25. The fraction of sp³-hybridized carbons (Fsp3) is 0.323. The van der Waals surface area contributed by atoms with E-state index < -0.39 is 36.2 Å². The monoisotopic (exact) mass is 546 g/mol. The van der Waals surface area contributed by atoms with Gasteiger partial charge in [-0.3, -0.25) is 9.59 Å². The normalized spacial score (nSPS) is 14.3. The summed E-state index contributed by atoms with van der Waals surface area (Å²) in [5.41, 5.74) is 5.29. The van der Waals surface area contributed by atoms with Crippen LogP contribution in [-0.2, 0) is 30.4 Å². The number of hydrogen-bond donors (Lipinski definition) is 3. The molecule has 0 aliphatic heterocycles. The fourth-order valence-corrected chi connectivity index (χ4v) is 4.82. The predicted molar refractivity (Wildman–Crippen MR) is 149 cm³/mol. The molecule has 0 radical (unpaired) electrons. The Morgan fingerprint density at radius 3 is 2.10 bits per heavy atom. The Kier molecular flexibility index (Phi) is 9.88. The second-order valence-electron chi connectivity index (χ2n) is 9.65. The Bertz CT molecular complexity index is 1270. The van der Waals surface area contributed by atoms with Crippen LogP contribution in [-0.4, -0.2) is 61.6 Å². The Morgan fingerprint density at radius 1 is 0.900 bits per heavy atom. The molecule has 0 saturated carbocycles. The molecule has 0 fully saturated rings. The van der Waals surface area contributed by atoms with Gasteiger partial charge in [0.15, 0.2) is 0 Å². The molecule has 4 rings (SSSR count). The third-order valence-electron chi connectivity index (χ3n) is 6.96. The van der Waals surface area contributed by atoms with Crippen LogP contribution in [0.4, 0.5) is 4.79 Å². The van der Waals surface area contributed by atoms with Gasteiger partial charge in [-0.1, -0.05) is 78.9 Å². The summed E-state index contributed by atoms with van der Waals surface area (Å²) < 4.78 is 16.7. The predicted octanol–water partition coefficient (Wildman–Crippen LogP) is 4.10. The lowest BCUT2D eigenvalue weighted by atomic mass is 9.98. The van der Waals surface area contributed by atoms with Gasteiger partial charge in [-0.2, -0.15) is 0 Å². The van der Waals surface area contributed by atoms with Gasteiger partial charge in [0.25, 0.3) is 0 Å². The number of rotatable bonds is 13. The van der Waals surface area contributed by atoms with Crippen LogP contribution in [0.1, 0.15) is 36.0 Å². The van der Waals surface area contributed by atoms with Crippen molar-refractivity contribution in [2.75, 3.05) is 20.3 Å². The molecular weight excluding hydrogens is 512 g/mol. The number of hydrogen-bond acceptors (Lipinski definition) is 6. The van der Waals surface area contributed by atoms with Crippen LogP contribution in [0.2, 0.25) is 0 Å². The summed E-state index contributed by atoms with van der Waals surface area (Å²) in [6, 6.07) is 24.4. The molecule has 1 unspecified atom stereocenters. The van der Waals surface area contributed by atoms with E-state index in [0.717, 1.165) is 27.8 Å². The smallest absolute Gasteiger partial charge is 0.407 e. The average Bonchev–Trinajstić information content (AvgIpc) is 3.29. The van der Waals surface area contributed by atoms with E-state index in [9.17, 15) is 14.4 Å². The summed E-state index contributed by atoms with van der Waals surface area (Å²) >= 11 is 0. The van der Waals surface area contributed by atoms with E-state index in [4.69, 9.17) is 19.3 Å². The van der Waals surface area contributed by atoms with Crippen molar-refractivity contribution in [2.24, 2.45) is 0 Å². The first kappa shape index (κ1) is 28.8. The number of nitrogens with one attached hydrogen (secondary N) is 2. The number of carboxylic acids is 1. The first-order chi connectivity index (χ1) is 19.4. The fourth-order valence-electron chi connectivity index (χ4n) is 4.82. The maximum absolute atomic E-state index is 13.2. The molecule has 9 nitrogen and oxygen atoms in total. The molecule has 0 heterocycles. The molecule has 3 atom stereocenters. The topological polar surface area (TPSA) is 123 Å². The van der Waals surface area contributed by atoms with Crippen molar-refractivity contribution in [2.45, 2.75) is 44.1 Å². The van der Waals surface area contributed by atoms with Crippen molar-refractivity contribution in [3.8, 4) is 11.1 Å². The maximum atomic E-state index is 13.2. The Morgan fingerprint density at radius 2 is 1.50 bits per heavy atom. The lowest BCUT2D eigenvalue weighted by Crippen LogP contribution is -2.54. The molecule has 0 spiro atoms. The molecule has 0 aromatic heterocycles. The van der Waals surface area contributed by atoms with Crippen molar-refractivity contribution in [3.05, 3.63) is 95.6 Å². The van der Waals surface area contributed by atoms with Gasteiger partial charge in [0, 0.05) is 19.6 Å². The highest BCUT2D eigenvalue weighted by Crippen LogP contribution is 2.44. The zero-order valence-electron chi connectivity index (χ0n) is 22.5. The number of methoxy groups -OCH3 is 1. The highest BCUT2D eigenvalue weighted by atomic mass is 16.5. The van der Waals surface area contributed by atoms with E-state index in [2.05, 4.69) is 22.8 Å². The molecule has 0 saturated heterocycles. The number of carboxylic acid groups (broad SMARTS) is 1. The highest BCUT2D eigenvalue weighted by molar-refractivity contribution is 5.86. The number of carbonyl (C=O) groups excluding carboxylic acids is 2. The van der Waals surface area contributed by atoms with Crippen LogP contribution >= 0.6 is 0 Å². The van der Waals surface area contributed by atoms with Crippen molar-refractivity contribution >= 4 is 18.0 Å². The number of benzene rings is 3. The first-order valence-electron chi connectivity index (χ1n) is 13.2. The molecule has 210 valence electrons. The molecule has 9 heteroatoms. The third-order valence-corrected chi connectivity index (χ3v) is 6.96. The highest BCUT2D eigenvalue weighted by Gasteiger charge is 2.32. The zero-order valence-corrected chi connectivity index (χ0v) is 22.5. The van der Waals surface area contributed by atoms with Crippen molar-refractivity contribution in [1.29, 1.82) is 0 Å². The lowest BCUT2D eigenvalue weighted by molar-refractivity contribution is -0.140. The summed E-state index contributed by atoms with van der Waals surface area (Å²) in [6.45, 7) is 1.97. The third kappa shape index (κ3) is 7.25. The SMILES string of the molecule is COC(CNC(=O)[C@H](NC(=O)OCC1c2ccccc2-c2ccccc21)[C@H](C)OCc1ccccc1)CC(=O)O. The van der Waals surface area contributed by atoms with Crippen LogP contribution in [0, 0.1) is 0 Å².